The first-order valence-corrected chi connectivity index (χ1v) is 16.7. The Hall–Kier alpha value is -3.21. The molecule has 5 rings (SSSR count). The van der Waals surface area contributed by atoms with Crippen LogP contribution in [0, 0.1) is 5.82 Å². The van der Waals surface area contributed by atoms with Crippen molar-refractivity contribution in [1.29, 1.82) is 0 Å². The van der Waals surface area contributed by atoms with Crippen LogP contribution in [0.1, 0.15) is 44.6 Å². The fourth-order valence-corrected chi connectivity index (χ4v) is 7.87. The summed E-state index contributed by atoms with van der Waals surface area (Å²) in [6.45, 7) is 2.54. The van der Waals surface area contributed by atoms with Crippen LogP contribution >= 0.6 is 33.2 Å². The number of carbonyl (C=O) groups is 1. The van der Waals surface area contributed by atoms with Gasteiger partial charge in [-0.1, -0.05) is 51.7 Å². The number of unbranched alkanes of at least 4 members (excludes halogenated alkanes) is 1. The fraction of sp³-hybridized carbons (Fsp3) is 0.323. The molecule has 42 heavy (non-hydrogen) atoms. The number of amides is 1. The minimum Gasteiger partial charge on any atom is -0.492 e. The van der Waals surface area contributed by atoms with Gasteiger partial charge in [0.05, 0.1) is 22.8 Å². The summed E-state index contributed by atoms with van der Waals surface area (Å²) in [7, 11) is 3.92. The van der Waals surface area contributed by atoms with Gasteiger partial charge in [0.2, 0.25) is 5.91 Å². The smallest absolute Gasteiger partial charge is 0.224 e. The molecule has 2 heterocycles. The maximum Gasteiger partial charge on any atom is 0.224 e. The lowest BCUT2D eigenvalue weighted by atomic mass is 10.1. The summed E-state index contributed by atoms with van der Waals surface area (Å²) in [6.07, 6.45) is 6.23. The zero-order valence-corrected chi connectivity index (χ0v) is 25.6. The first-order valence-electron chi connectivity index (χ1n) is 13.9. The van der Waals surface area contributed by atoms with E-state index in [1.807, 2.05) is 46.7 Å². The third kappa shape index (κ3) is 8.20. The van der Waals surface area contributed by atoms with Crippen LogP contribution in [0.15, 0.2) is 60.9 Å². The molecule has 1 aromatic heterocycles. The molecule has 1 aliphatic rings. The lowest BCUT2D eigenvalue weighted by Gasteiger charge is -2.15. The molecule has 0 spiro atoms. The molecule has 1 aliphatic heterocycles. The van der Waals surface area contributed by atoms with Crippen molar-refractivity contribution < 1.29 is 18.7 Å². The molecule has 1 saturated heterocycles. The van der Waals surface area contributed by atoms with E-state index in [4.69, 9.17) is 21.1 Å². The highest BCUT2D eigenvalue weighted by Gasteiger charge is 2.17. The lowest BCUT2D eigenvalue weighted by molar-refractivity contribution is -0.116. The first kappa shape index (κ1) is 30.3. The van der Waals surface area contributed by atoms with E-state index in [2.05, 4.69) is 20.6 Å². The van der Waals surface area contributed by atoms with Gasteiger partial charge >= 0.3 is 0 Å². The van der Waals surface area contributed by atoms with Crippen molar-refractivity contribution >= 4 is 67.2 Å². The Morgan fingerprint density at radius 3 is 2.79 bits per heavy atom. The molecule has 4 aromatic rings. The predicted molar refractivity (Wildman–Crippen MR) is 172 cm³/mol. The summed E-state index contributed by atoms with van der Waals surface area (Å²) in [6, 6.07) is 15.2. The summed E-state index contributed by atoms with van der Waals surface area (Å²) in [5, 5.41) is 8.16. The summed E-state index contributed by atoms with van der Waals surface area (Å²) in [4.78, 5) is 21.7. The van der Waals surface area contributed by atoms with Crippen LogP contribution in [0.2, 0.25) is 5.02 Å². The summed E-state index contributed by atoms with van der Waals surface area (Å²) < 4.78 is 25.1. The minimum atomic E-state index is -0.317. The number of aromatic nitrogens is 2. The van der Waals surface area contributed by atoms with Crippen molar-refractivity contribution in [3.63, 3.8) is 0 Å². The Labute approximate surface area is 257 Å². The average molecular weight is 627 g/mol. The molecule has 0 aliphatic carbocycles. The Bertz CT molecular complexity index is 1540. The van der Waals surface area contributed by atoms with Crippen molar-refractivity contribution in [2.75, 3.05) is 23.0 Å². The predicted octanol–water partition coefficient (Wildman–Crippen LogP) is 8.80. The molecule has 220 valence electrons. The molecular formula is C31H32ClFN4O3S2. The number of rotatable bonds is 13. The normalized spacial score (nSPS) is 14.6. The largest absolute Gasteiger partial charge is 0.492 e. The number of halogens is 2. The maximum absolute atomic E-state index is 13.5. The highest BCUT2D eigenvalue weighted by atomic mass is 35.5. The second kappa shape index (κ2) is 14.8. The number of anilines is 3. The van der Waals surface area contributed by atoms with Crippen LogP contribution in [-0.2, 0) is 11.4 Å². The molecular weight excluding hydrogens is 595 g/mol. The molecule has 0 saturated carbocycles. The monoisotopic (exact) mass is 626 g/mol. The van der Waals surface area contributed by atoms with Crippen molar-refractivity contribution in [2.24, 2.45) is 0 Å². The zero-order valence-electron chi connectivity index (χ0n) is 23.2. The number of hydrogen-bond donors (Lipinski definition) is 2. The van der Waals surface area contributed by atoms with Gasteiger partial charge in [0.15, 0.2) is 0 Å². The Morgan fingerprint density at radius 2 is 2.00 bits per heavy atom. The van der Waals surface area contributed by atoms with Gasteiger partial charge < -0.3 is 20.1 Å². The van der Waals surface area contributed by atoms with Gasteiger partial charge in [-0.2, -0.15) is 0 Å². The number of benzene rings is 3. The van der Waals surface area contributed by atoms with E-state index >= 15 is 0 Å². The van der Waals surface area contributed by atoms with Crippen LogP contribution in [-0.4, -0.2) is 33.5 Å². The minimum absolute atomic E-state index is 0.0456. The van der Waals surface area contributed by atoms with Gasteiger partial charge in [-0.15, -0.1) is 0 Å². The molecule has 1 atom stereocenters. The van der Waals surface area contributed by atoms with Gasteiger partial charge in [-0.3, -0.25) is 4.79 Å². The molecule has 1 amide bonds. The first-order chi connectivity index (χ1) is 20.5. The third-order valence-electron chi connectivity index (χ3n) is 6.70. The van der Waals surface area contributed by atoms with E-state index in [0.717, 1.165) is 24.6 Å². The van der Waals surface area contributed by atoms with Crippen LogP contribution in [0.25, 0.3) is 10.9 Å². The van der Waals surface area contributed by atoms with Crippen molar-refractivity contribution in [3.05, 3.63) is 77.3 Å². The standard InChI is InChI=1S/C31H32ClFN4O3S2/c1-2-39-29-17-26-24(16-27(29)37-30(38)9-4-3-8-23-12-13-41-42-23)31(35-19-34-26)36-22-10-11-28(25(32)15-22)40-18-20-6-5-7-21(33)14-20/h5-7,10-11,14-17,19,23H,2-4,8-9,12-13,18H2,1H3,(H,37,38)(H,34,35,36). The molecule has 0 bridgehead atoms. The van der Waals surface area contributed by atoms with Gasteiger partial charge in [-0.25, -0.2) is 14.4 Å². The number of fused-ring (bicyclic) bond motifs is 1. The van der Waals surface area contributed by atoms with Crippen molar-refractivity contribution in [1.82, 2.24) is 9.97 Å². The lowest BCUT2D eigenvalue weighted by Crippen LogP contribution is -2.13. The Balaban J connectivity index is 1.27. The molecule has 0 radical (unpaired) electrons. The second-order valence-corrected chi connectivity index (χ2v) is 13.0. The van der Waals surface area contributed by atoms with E-state index in [0.29, 0.717) is 63.1 Å². The van der Waals surface area contributed by atoms with Gasteiger partial charge in [0, 0.05) is 34.6 Å². The number of nitrogens with zero attached hydrogens (tertiary/aromatic N) is 2. The second-order valence-electron chi connectivity index (χ2n) is 9.83. The molecule has 7 nitrogen and oxygen atoms in total. The molecule has 1 unspecified atom stereocenters. The highest BCUT2D eigenvalue weighted by molar-refractivity contribution is 8.77. The van der Waals surface area contributed by atoms with Crippen LogP contribution in [0.4, 0.5) is 21.6 Å². The van der Waals surface area contributed by atoms with Crippen molar-refractivity contribution in [3.8, 4) is 11.5 Å². The zero-order chi connectivity index (χ0) is 29.3. The molecule has 1 fully saturated rings. The molecule has 2 N–H and O–H groups in total. The van der Waals surface area contributed by atoms with E-state index in [9.17, 15) is 9.18 Å². The van der Waals surface area contributed by atoms with Gasteiger partial charge in [0.1, 0.15) is 36.1 Å². The molecule has 11 heteroatoms. The Morgan fingerprint density at radius 1 is 1.10 bits per heavy atom. The Kier molecular flexibility index (Phi) is 10.7. The number of hydrogen-bond acceptors (Lipinski definition) is 8. The summed E-state index contributed by atoms with van der Waals surface area (Å²) in [5.41, 5.74) is 2.64. The number of carbonyl (C=O) groups excluding carboxylic acids is 1. The van der Waals surface area contributed by atoms with E-state index in [1.54, 1.807) is 24.3 Å². The number of ether oxygens (including phenoxy) is 2. The van der Waals surface area contributed by atoms with Crippen molar-refractivity contribution in [2.45, 2.75) is 50.9 Å². The highest BCUT2D eigenvalue weighted by Crippen LogP contribution is 2.40. The topological polar surface area (TPSA) is 85.4 Å². The summed E-state index contributed by atoms with van der Waals surface area (Å²) in [5.74, 6) is 2.45. The summed E-state index contributed by atoms with van der Waals surface area (Å²) >= 11 is 6.50. The van der Waals surface area contributed by atoms with E-state index < -0.39 is 0 Å². The fourth-order valence-electron chi connectivity index (χ4n) is 4.61. The average Bonchev–Trinajstić information content (AvgIpc) is 3.49. The SMILES string of the molecule is CCOc1cc2ncnc(Nc3ccc(OCc4cccc(F)c4)c(Cl)c3)c2cc1NC(=O)CCCCC1CCSS1. The number of nitrogens with one attached hydrogen (secondary N) is 2. The quantitative estimate of drug-likeness (QED) is 0.112. The van der Waals surface area contributed by atoms with Gasteiger partial charge in [-0.05, 0) is 68.1 Å². The van der Waals surface area contributed by atoms with Crippen LogP contribution in [0.5, 0.6) is 11.5 Å². The van der Waals surface area contributed by atoms with Gasteiger partial charge in [0.25, 0.3) is 0 Å². The van der Waals surface area contributed by atoms with E-state index in [1.165, 1.54) is 30.6 Å². The van der Waals surface area contributed by atoms with Crippen LogP contribution < -0.4 is 20.1 Å². The maximum atomic E-state index is 13.5. The van der Waals surface area contributed by atoms with E-state index in [-0.39, 0.29) is 18.3 Å². The molecule has 3 aromatic carbocycles. The third-order valence-corrected chi connectivity index (χ3v) is 10.00. The van der Waals surface area contributed by atoms with Crippen LogP contribution in [0.3, 0.4) is 0 Å².